The van der Waals surface area contributed by atoms with Crippen molar-refractivity contribution in [2.24, 2.45) is 5.92 Å². The van der Waals surface area contributed by atoms with E-state index in [1.807, 2.05) is 55.5 Å². The topological polar surface area (TPSA) is 147 Å². The van der Waals surface area contributed by atoms with Crippen molar-refractivity contribution in [1.29, 1.82) is 0 Å². The summed E-state index contributed by atoms with van der Waals surface area (Å²) < 4.78 is 12.3. The van der Waals surface area contributed by atoms with Crippen LogP contribution in [-0.2, 0) is 25.5 Å². The summed E-state index contributed by atoms with van der Waals surface area (Å²) >= 11 is 0. The molecular formula is C38H42N4O7. The first-order valence-electron chi connectivity index (χ1n) is 17.3. The first-order valence-corrected chi connectivity index (χ1v) is 17.3. The van der Waals surface area contributed by atoms with Crippen molar-refractivity contribution in [2.45, 2.75) is 87.6 Å². The van der Waals surface area contributed by atoms with Crippen LogP contribution < -0.4 is 15.4 Å². The molecule has 2 unspecified atom stereocenters. The Kier molecular flexibility index (Phi) is 8.64. The molecule has 4 aliphatic rings. The van der Waals surface area contributed by atoms with Gasteiger partial charge in [-0.25, -0.2) is 9.78 Å². The number of carboxylic acid groups (broad SMARTS) is 1. The quantitative estimate of drug-likeness (QED) is 0.288. The van der Waals surface area contributed by atoms with Crippen LogP contribution in [0.15, 0.2) is 67.3 Å². The molecule has 1 aromatic heterocycles. The minimum Gasteiger partial charge on any atom is -0.488 e. The Hall–Kier alpha value is -4.77. The monoisotopic (exact) mass is 666 g/mol. The van der Waals surface area contributed by atoms with Gasteiger partial charge in [-0.3, -0.25) is 19.7 Å². The van der Waals surface area contributed by atoms with Gasteiger partial charge < -0.3 is 24.8 Å². The van der Waals surface area contributed by atoms with Gasteiger partial charge in [0.2, 0.25) is 5.91 Å². The van der Waals surface area contributed by atoms with Crippen LogP contribution in [0.3, 0.4) is 0 Å². The van der Waals surface area contributed by atoms with Gasteiger partial charge in [0.1, 0.15) is 35.0 Å². The number of unbranched alkanes of at least 4 members (excludes halogenated alkanes) is 1. The number of pyridine rings is 1. The van der Waals surface area contributed by atoms with Gasteiger partial charge in [-0.1, -0.05) is 62.2 Å². The Morgan fingerprint density at radius 3 is 2.69 bits per heavy atom. The Morgan fingerprint density at radius 1 is 1.14 bits per heavy atom. The number of hydrogen-bond donors (Lipinski definition) is 3. The zero-order valence-corrected chi connectivity index (χ0v) is 27.7. The average molecular weight is 667 g/mol. The number of carbonyl (C=O) groups is 4. The number of aliphatic carboxylic acids is 1. The summed E-state index contributed by atoms with van der Waals surface area (Å²) in [5, 5.41) is 16.9. The molecule has 3 N–H and O–H groups in total. The summed E-state index contributed by atoms with van der Waals surface area (Å²) in [5.41, 5.74) is 0.853. The molecule has 3 heterocycles. The molecule has 256 valence electrons. The van der Waals surface area contributed by atoms with Crippen LogP contribution in [0.2, 0.25) is 0 Å². The Bertz CT molecular complexity index is 1810. The van der Waals surface area contributed by atoms with Crippen LogP contribution >= 0.6 is 0 Å². The van der Waals surface area contributed by atoms with Crippen molar-refractivity contribution < 1.29 is 33.8 Å². The highest BCUT2D eigenvalue weighted by Gasteiger charge is 2.77. The number of aromatic nitrogens is 1. The third kappa shape index (κ3) is 5.94. The second-order valence-electron chi connectivity index (χ2n) is 13.7. The molecule has 1 saturated heterocycles. The second-order valence-corrected chi connectivity index (χ2v) is 13.7. The second kappa shape index (κ2) is 12.9. The van der Waals surface area contributed by atoms with E-state index < -0.39 is 47.2 Å². The number of amides is 2. The molecule has 11 heteroatoms. The predicted molar refractivity (Wildman–Crippen MR) is 182 cm³/mol. The fourth-order valence-electron chi connectivity index (χ4n) is 7.65. The molecule has 0 radical (unpaired) electrons. The van der Waals surface area contributed by atoms with Gasteiger partial charge in [-0.05, 0) is 49.8 Å². The van der Waals surface area contributed by atoms with Gasteiger partial charge in [-0.15, -0.1) is 6.58 Å². The summed E-state index contributed by atoms with van der Waals surface area (Å²) in [4.78, 5) is 60.1. The van der Waals surface area contributed by atoms with Gasteiger partial charge >= 0.3 is 12.1 Å². The van der Waals surface area contributed by atoms with Gasteiger partial charge in [-0.2, -0.15) is 0 Å². The summed E-state index contributed by atoms with van der Waals surface area (Å²) in [5.74, 6) is -1.48. The lowest BCUT2D eigenvalue weighted by Gasteiger charge is -2.29. The molecule has 3 fully saturated rings. The first-order chi connectivity index (χ1) is 23.7. The van der Waals surface area contributed by atoms with Crippen LogP contribution in [-0.4, -0.2) is 81.2 Å². The zero-order valence-electron chi connectivity index (χ0n) is 27.7. The van der Waals surface area contributed by atoms with Crippen LogP contribution in [0.1, 0.15) is 57.4 Å². The SMILES string of the molecule is C=C[C@@H]1C[C@]1(NC1C(=O)C12C[C@@H]1CN2C(=O)[C@H](CCCC)NC(=O)OCCCCc2ccc3nc(-c4ccccc4)cc(c3c2)O1)C(=O)O. The van der Waals surface area contributed by atoms with Gasteiger partial charge in [0.15, 0.2) is 5.78 Å². The molecule has 7 rings (SSSR count). The smallest absolute Gasteiger partial charge is 0.407 e. The van der Waals surface area contributed by atoms with E-state index in [1.54, 1.807) is 6.08 Å². The van der Waals surface area contributed by atoms with Crippen LogP contribution in [0.5, 0.6) is 5.75 Å². The fraction of sp³-hybridized carbons (Fsp3) is 0.447. The molecule has 2 aliphatic heterocycles. The van der Waals surface area contributed by atoms with E-state index in [0.29, 0.717) is 31.4 Å². The van der Waals surface area contributed by atoms with Crippen molar-refractivity contribution >= 4 is 34.7 Å². The van der Waals surface area contributed by atoms with Gasteiger partial charge in [0, 0.05) is 29.4 Å². The van der Waals surface area contributed by atoms with E-state index in [2.05, 4.69) is 23.3 Å². The first kappa shape index (κ1) is 32.8. The summed E-state index contributed by atoms with van der Waals surface area (Å²) in [6, 6.07) is 16.0. The maximum Gasteiger partial charge on any atom is 0.407 e. The standard InChI is InChI=1S/C38H42N4O7/c1-3-5-14-29-34(44)42-22-26(21-38(42)32(33(38)43)41-37(35(45)46)20-25(37)4-2)49-31-19-30(24-12-7-6-8-13-24)39-28-16-15-23(18-27(28)31)11-9-10-17-48-36(47)40-29/h4,6-8,12-13,15-16,18-19,25-26,29,32,41H,2-3,5,9-11,14,17,20-22H2,1H3,(H,40,47)(H,45,46)/t25-,26-,29+,32?,37-,38?/m1/s1. The third-order valence-electron chi connectivity index (χ3n) is 10.6. The lowest BCUT2D eigenvalue weighted by atomic mass is 10.0. The number of benzene rings is 2. The third-order valence-corrected chi connectivity index (χ3v) is 10.6. The molecule has 3 aromatic rings. The number of ketones is 1. The van der Waals surface area contributed by atoms with Crippen molar-refractivity contribution in [1.82, 2.24) is 20.5 Å². The molecule has 11 nitrogen and oxygen atoms in total. The number of Topliss-reactive ketones (excluding diaryl/α,β-unsaturated/α-hetero) is 1. The van der Waals surface area contributed by atoms with E-state index in [4.69, 9.17) is 14.5 Å². The van der Waals surface area contributed by atoms with E-state index in [0.717, 1.165) is 47.0 Å². The summed E-state index contributed by atoms with van der Waals surface area (Å²) in [7, 11) is 0. The van der Waals surface area contributed by atoms with Gasteiger partial charge in [0.25, 0.3) is 0 Å². The van der Waals surface area contributed by atoms with E-state index in [1.165, 1.54) is 4.90 Å². The van der Waals surface area contributed by atoms with E-state index in [-0.39, 0.29) is 31.3 Å². The number of rotatable bonds is 8. The normalized spacial score (nSPS) is 29.7. The molecule has 49 heavy (non-hydrogen) atoms. The number of hydrogen-bond acceptors (Lipinski definition) is 8. The number of fused-ring (bicyclic) bond motifs is 4. The molecule has 1 spiro atoms. The number of nitrogens with one attached hydrogen (secondary N) is 2. The molecule has 2 saturated carbocycles. The number of ether oxygens (including phenoxy) is 2. The van der Waals surface area contributed by atoms with E-state index in [9.17, 15) is 24.3 Å². The molecule has 2 amide bonds. The molecule has 6 atom stereocenters. The highest BCUT2D eigenvalue weighted by molar-refractivity contribution is 6.15. The number of cyclic esters (lactones) is 1. The molecule has 2 aliphatic carbocycles. The highest BCUT2D eigenvalue weighted by atomic mass is 16.5. The predicted octanol–water partition coefficient (Wildman–Crippen LogP) is 4.81. The number of carbonyl (C=O) groups excluding carboxylic acids is 3. The van der Waals surface area contributed by atoms with Gasteiger partial charge in [0.05, 0.1) is 24.4 Å². The Labute approximate surface area is 285 Å². The summed E-state index contributed by atoms with van der Waals surface area (Å²) in [6.45, 7) is 6.05. The number of carboxylic acids is 1. The minimum absolute atomic E-state index is 0.0806. The maximum atomic E-state index is 14.4. The maximum absolute atomic E-state index is 14.4. The summed E-state index contributed by atoms with van der Waals surface area (Å²) in [6.07, 6.45) is 4.81. The van der Waals surface area contributed by atoms with Crippen molar-refractivity contribution in [3.8, 4) is 17.0 Å². The van der Waals surface area contributed by atoms with E-state index >= 15 is 0 Å². The average Bonchev–Trinajstić information content (AvgIpc) is 3.91. The number of aryl methyl sites for hydroxylation is 1. The van der Waals surface area contributed by atoms with Crippen LogP contribution in [0.25, 0.3) is 22.2 Å². The minimum atomic E-state index is -1.32. The lowest BCUT2D eigenvalue weighted by molar-refractivity contribution is -0.141. The van der Waals surface area contributed by atoms with Crippen molar-refractivity contribution in [3.63, 3.8) is 0 Å². The van der Waals surface area contributed by atoms with Crippen LogP contribution in [0.4, 0.5) is 4.79 Å². The molecule has 4 bridgehead atoms. The fourth-order valence-corrected chi connectivity index (χ4v) is 7.65. The largest absolute Gasteiger partial charge is 0.488 e. The van der Waals surface area contributed by atoms with Crippen LogP contribution in [0, 0.1) is 5.92 Å². The Balaban J connectivity index is 1.29. The molecular weight excluding hydrogens is 624 g/mol. The Morgan fingerprint density at radius 2 is 1.96 bits per heavy atom. The molecule has 2 aromatic carbocycles. The zero-order chi connectivity index (χ0) is 34.3. The highest BCUT2D eigenvalue weighted by Crippen LogP contribution is 2.53. The number of alkyl carbamates (subject to hydrolysis) is 1. The number of nitrogens with zero attached hydrogens (tertiary/aromatic N) is 2. The lowest BCUT2D eigenvalue weighted by Crippen LogP contribution is -2.54. The van der Waals surface area contributed by atoms with Crippen molar-refractivity contribution in [2.75, 3.05) is 13.2 Å². The van der Waals surface area contributed by atoms with Crippen molar-refractivity contribution in [3.05, 3.63) is 72.8 Å².